The topological polar surface area (TPSA) is 71.4 Å². The van der Waals surface area contributed by atoms with Crippen molar-refractivity contribution < 1.29 is 17.6 Å². The Labute approximate surface area is 186 Å². The van der Waals surface area contributed by atoms with Gasteiger partial charge in [0.05, 0.1) is 12.8 Å². The van der Waals surface area contributed by atoms with Gasteiger partial charge in [0, 0.05) is 40.6 Å². The van der Waals surface area contributed by atoms with E-state index >= 15 is 0 Å². The molecule has 0 saturated carbocycles. The first-order chi connectivity index (χ1) is 15.3. The van der Waals surface area contributed by atoms with Gasteiger partial charge in [-0.2, -0.15) is 4.31 Å². The van der Waals surface area contributed by atoms with Gasteiger partial charge in [0.25, 0.3) is 0 Å². The molecule has 0 radical (unpaired) electrons. The van der Waals surface area contributed by atoms with Crippen molar-refractivity contribution in [1.29, 1.82) is 0 Å². The Bertz CT molecular complexity index is 1400. The van der Waals surface area contributed by atoms with Gasteiger partial charge in [0.15, 0.2) is 0 Å². The monoisotopic (exact) mass is 453 g/mol. The molecule has 1 aromatic heterocycles. The zero-order valence-electron chi connectivity index (χ0n) is 17.9. The number of para-hydroxylation sites is 1. The molecule has 0 bridgehead atoms. The van der Waals surface area contributed by atoms with Crippen molar-refractivity contribution in [2.75, 3.05) is 18.1 Å². The molecule has 0 spiro atoms. The minimum absolute atomic E-state index is 0.0183. The number of rotatable bonds is 7. The Morgan fingerprint density at radius 2 is 1.69 bits per heavy atom. The van der Waals surface area contributed by atoms with Gasteiger partial charge in [-0.1, -0.05) is 30.3 Å². The molecule has 4 rings (SSSR count). The molecule has 0 aliphatic rings. The number of sulfonamides is 1. The number of aromatic nitrogens is 1. The van der Waals surface area contributed by atoms with Gasteiger partial charge in [0.2, 0.25) is 15.9 Å². The summed E-state index contributed by atoms with van der Waals surface area (Å²) in [5, 5.41) is 4.92. The highest BCUT2D eigenvalue weighted by atomic mass is 32.2. The van der Waals surface area contributed by atoms with E-state index in [-0.39, 0.29) is 13.1 Å². The molecule has 1 heterocycles. The molecule has 0 atom stereocenters. The second kappa shape index (κ2) is 8.72. The predicted molar refractivity (Wildman–Crippen MR) is 125 cm³/mol. The van der Waals surface area contributed by atoms with E-state index in [1.165, 1.54) is 24.3 Å². The summed E-state index contributed by atoms with van der Waals surface area (Å²) in [6, 6.07) is 19.3. The van der Waals surface area contributed by atoms with Crippen molar-refractivity contribution in [2.24, 2.45) is 0 Å². The predicted octanol–water partition coefficient (Wildman–Crippen LogP) is 4.35. The van der Waals surface area contributed by atoms with E-state index in [4.69, 9.17) is 0 Å². The van der Waals surface area contributed by atoms with Crippen LogP contribution in [0.5, 0.6) is 0 Å². The smallest absolute Gasteiger partial charge is 0.239 e. The second-order valence-corrected chi connectivity index (χ2v) is 9.68. The van der Waals surface area contributed by atoms with Crippen molar-refractivity contribution in [1.82, 2.24) is 8.87 Å². The Hall–Kier alpha value is -3.23. The number of nitrogens with zero attached hydrogens (tertiary/aromatic N) is 2. The highest BCUT2D eigenvalue weighted by Gasteiger charge is 2.21. The number of anilines is 1. The molecule has 0 saturated heterocycles. The summed E-state index contributed by atoms with van der Waals surface area (Å²) < 4.78 is 40.9. The fourth-order valence-corrected chi connectivity index (χ4v) is 4.65. The third kappa shape index (κ3) is 4.51. The van der Waals surface area contributed by atoms with E-state index in [0.717, 1.165) is 38.9 Å². The molecule has 0 unspecified atom stereocenters. The molecular formula is C24H24FN3O3S. The lowest BCUT2D eigenvalue weighted by Gasteiger charge is -2.19. The van der Waals surface area contributed by atoms with Crippen LogP contribution in [-0.2, 0) is 27.9 Å². The highest BCUT2D eigenvalue weighted by molar-refractivity contribution is 7.88. The number of hydrogen-bond acceptors (Lipinski definition) is 3. The number of nitrogens with one attached hydrogen (secondary N) is 1. The van der Waals surface area contributed by atoms with Crippen LogP contribution >= 0.6 is 0 Å². The third-order valence-electron chi connectivity index (χ3n) is 5.43. The van der Waals surface area contributed by atoms with E-state index in [1.54, 1.807) is 0 Å². The summed E-state index contributed by atoms with van der Waals surface area (Å²) in [6.45, 7) is 2.55. The van der Waals surface area contributed by atoms with Crippen LogP contribution in [0, 0.1) is 5.82 Å². The quantitative estimate of drug-likeness (QED) is 0.452. The largest absolute Gasteiger partial charge is 0.341 e. The molecule has 0 aliphatic carbocycles. The fraction of sp³-hybridized carbons (Fsp3) is 0.208. The number of amides is 1. The minimum atomic E-state index is -3.65. The minimum Gasteiger partial charge on any atom is -0.341 e. The highest BCUT2D eigenvalue weighted by Crippen LogP contribution is 2.31. The Morgan fingerprint density at radius 3 is 2.38 bits per heavy atom. The van der Waals surface area contributed by atoms with Crippen LogP contribution < -0.4 is 5.32 Å². The van der Waals surface area contributed by atoms with Crippen molar-refractivity contribution in [3.63, 3.8) is 0 Å². The Balaban J connectivity index is 1.57. The molecule has 0 aliphatic heterocycles. The van der Waals surface area contributed by atoms with E-state index in [1.807, 2.05) is 36.4 Å². The number of aryl methyl sites for hydroxylation is 1. The van der Waals surface area contributed by atoms with Crippen LogP contribution in [0.15, 0.2) is 66.7 Å². The molecule has 1 amide bonds. The van der Waals surface area contributed by atoms with Gasteiger partial charge < -0.3 is 9.88 Å². The summed E-state index contributed by atoms with van der Waals surface area (Å²) in [4.78, 5) is 12.7. The van der Waals surface area contributed by atoms with E-state index < -0.39 is 21.7 Å². The molecule has 3 aromatic carbocycles. The zero-order chi connectivity index (χ0) is 22.9. The van der Waals surface area contributed by atoms with E-state index in [2.05, 4.69) is 22.9 Å². The van der Waals surface area contributed by atoms with Gasteiger partial charge in [0.1, 0.15) is 5.82 Å². The molecule has 166 valence electrons. The normalized spacial score (nSPS) is 12.0. The lowest BCUT2D eigenvalue weighted by molar-refractivity contribution is -0.116. The van der Waals surface area contributed by atoms with Crippen LogP contribution in [0.3, 0.4) is 0 Å². The molecule has 32 heavy (non-hydrogen) atoms. The van der Waals surface area contributed by atoms with Gasteiger partial charge >= 0.3 is 0 Å². The van der Waals surface area contributed by atoms with Gasteiger partial charge in [-0.15, -0.1) is 0 Å². The van der Waals surface area contributed by atoms with Crippen LogP contribution in [0.25, 0.3) is 21.8 Å². The van der Waals surface area contributed by atoms with Crippen molar-refractivity contribution in [2.45, 2.75) is 20.0 Å². The zero-order valence-corrected chi connectivity index (χ0v) is 18.7. The van der Waals surface area contributed by atoms with Gasteiger partial charge in [-0.25, -0.2) is 12.8 Å². The summed E-state index contributed by atoms with van der Waals surface area (Å²) in [5.74, 6) is -0.853. The fourth-order valence-electron chi connectivity index (χ4n) is 3.92. The molecule has 1 N–H and O–H groups in total. The van der Waals surface area contributed by atoms with Crippen LogP contribution in [-0.4, -0.2) is 36.0 Å². The lowest BCUT2D eigenvalue weighted by atomic mass is 10.1. The standard InChI is InChI=1S/C24H24FN3O3S/c1-3-28-22-7-5-4-6-20(22)21-14-19(12-13-23(21)28)26-24(29)16-27(32(2,30)31)15-17-8-10-18(25)11-9-17/h4-14H,3,15-16H2,1-2H3,(H,26,29). The first-order valence-electron chi connectivity index (χ1n) is 10.3. The molecule has 8 heteroatoms. The van der Waals surface area contributed by atoms with Gasteiger partial charge in [-0.3, -0.25) is 4.79 Å². The first-order valence-corrected chi connectivity index (χ1v) is 12.1. The lowest BCUT2D eigenvalue weighted by Crippen LogP contribution is -2.36. The number of fused-ring (bicyclic) bond motifs is 3. The van der Waals surface area contributed by atoms with Crippen LogP contribution in [0.1, 0.15) is 12.5 Å². The molecule has 4 aromatic rings. The summed E-state index contributed by atoms with van der Waals surface area (Å²) in [6.07, 6.45) is 1.05. The van der Waals surface area contributed by atoms with Crippen LogP contribution in [0.2, 0.25) is 0 Å². The summed E-state index contributed by atoms with van der Waals surface area (Å²) in [5.41, 5.74) is 3.38. The average molecular weight is 454 g/mol. The summed E-state index contributed by atoms with van der Waals surface area (Å²) >= 11 is 0. The maximum absolute atomic E-state index is 13.1. The molecule has 0 fully saturated rings. The maximum Gasteiger partial charge on any atom is 0.239 e. The maximum atomic E-state index is 13.1. The van der Waals surface area contributed by atoms with Gasteiger partial charge in [-0.05, 0) is 48.9 Å². The third-order valence-corrected chi connectivity index (χ3v) is 6.63. The van der Waals surface area contributed by atoms with Crippen molar-refractivity contribution in [3.8, 4) is 0 Å². The van der Waals surface area contributed by atoms with Crippen molar-refractivity contribution in [3.05, 3.63) is 78.1 Å². The molecule has 6 nitrogen and oxygen atoms in total. The number of carbonyl (C=O) groups is 1. The number of benzene rings is 3. The Morgan fingerprint density at radius 1 is 1.00 bits per heavy atom. The van der Waals surface area contributed by atoms with E-state index in [0.29, 0.717) is 11.3 Å². The van der Waals surface area contributed by atoms with Crippen molar-refractivity contribution >= 4 is 43.4 Å². The SMILES string of the molecule is CCn1c2ccccc2c2cc(NC(=O)CN(Cc3ccc(F)cc3)S(C)(=O)=O)ccc21. The Kier molecular flexibility index (Phi) is 5.99. The second-order valence-electron chi connectivity index (χ2n) is 7.70. The summed E-state index contributed by atoms with van der Waals surface area (Å²) in [7, 11) is -3.65. The number of hydrogen-bond donors (Lipinski definition) is 1. The van der Waals surface area contributed by atoms with Crippen LogP contribution in [0.4, 0.5) is 10.1 Å². The first kappa shape index (κ1) is 22.0. The number of carbonyl (C=O) groups excluding carboxylic acids is 1. The van der Waals surface area contributed by atoms with E-state index in [9.17, 15) is 17.6 Å². The molecular weight excluding hydrogens is 429 g/mol. The number of halogens is 1. The average Bonchev–Trinajstić information content (AvgIpc) is 3.07.